The van der Waals surface area contributed by atoms with Crippen LogP contribution in [0, 0.1) is 0 Å². The molecule has 3 nitrogen and oxygen atoms in total. The third-order valence-corrected chi connectivity index (χ3v) is 3.69. The Morgan fingerprint density at radius 2 is 1.79 bits per heavy atom. The van der Waals surface area contributed by atoms with Crippen LogP contribution in [0.1, 0.15) is 16.1 Å². The van der Waals surface area contributed by atoms with Gasteiger partial charge in [-0.25, -0.2) is 4.98 Å². The van der Waals surface area contributed by atoms with Gasteiger partial charge < -0.3 is 5.32 Å². The molecule has 7 heteroatoms. The molecule has 0 saturated carbocycles. The van der Waals surface area contributed by atoms with E-state index in [-0.39, 0.29) is 16.4 Å². The van der Waals surface area contributed by atoms with E-state index >= 15 is 0 Å². The molecule has 24 heavy (non-hydrogen) atoms. The van der Waals surface area contributed by atoms with Crippen molar-refractivity contribution in [2.24, 2.45) is 0 Å². The number of aromatic nitrogens is 1. The van der Waals surface area contributed by atoms with Gasteiger partial charge >= 0.3 is 6.18 Å². The maximum absolute atomic E-state index is 12.6. The minimum Gasteiger partial charge on any atom is -0.319 e. The molecule has 0 spiro atoms. The van der Waals surface area contributed by atoms with Crippen LogP contribution in [-0.2, 0) is 6.18 Å². The summed E-state index contributed by atoms with van der Waals surface area (Å²) in [4.78, 5) is 16.5. The number of pyridine rings is 1. The van der Waals surface area contributed by atoms with Crippen molar-refractivity contribution in [1.82, 2.24) is 4.98 Å². The van der Waals surface area contributed by atoms with Gasteiger partial charge in [-0.05, 0) is 30.3 Å². The third-order valence-electron chi connectivity index (χ3n) is 3.38. The first kappa shape index (κ1) is 16.3. The van der Waals surface area contributed by atoms with Gasteiger partial charge in [-0.1, -0.05) is 35.9 Å². The van der Waals surface area contributed by atoms with Gasteiger partial charge in [-0.15, -0.1) is 0 Å². The predicted molar refractivity (Wildman–Crippen MR) is 86.2 cm³/mol. The van der Waals surface area contributed by atoms with Crippen molar-refractivity contribution in [3.63, 3.8) is 0 Å². The van der Waals surface area contributed by atoms with Crippen LogP contribution < -0.4 is 5.32 Å². The molecule has 1 amide bonds. The Hall–Kier alpha value is -2.60. The van der Waals surface area contributed by atoms with E-state index in [1.54, 1.807) is 18.2 Å². The molecule has 0 radical (unpaired) electrons. The highest BCUT2D eigenvalue weighted by molar-refractivity contribution is 6.34. The standard InChI is InChI=1S/C17H10ClF3N2O/c18-12-9-11(17(19,20)21)6-8-14(12)23-16(24)15-7-5-10-3-1-2-4-13(10)22-15/h1-9H,(H,23,24). The summed E-state index contributed by atoms with van der Waals surface area (Å²) in [5.74, 6) is -0.553. The summed E-state index contributed by atoms with van der Waals surface area (Å²) < 4.78 is 37.9. The lowest BCUT2D eigenvalue weighted by molar-refractivity contribution is -0.137. The molecule has 3 aromatic rings. The van der Waals surface area contributed by atoms with E-state index in [1.807, 2.05) is 12.1 Å². The summed E-state index contributed by atoms with van der Waals surface area (Å²) in [7, 11) is 0. The van der Waals surface area contributed by atoms with Crippen LogP contribution in [-0.4, -0.2) is 10.9 Å². The Morgan fingerprint density at radius 1 is 1.04 bits per heavy atom. The van der Waals surface area contributed by atoms with Crippen LogP contribution in [0.2, 0.25) is 5.02 Å². The van der Waals surface area contributed by atoms with Crippen molar-refractivity contribution in [3.8, 4) is 0 Å². The van der Waals surface area contributed by atoms with Gasteiger partial charge in [0.1, 0.15) is 5.69 Å². The van der Waals surface area contributed by atoms with Crippen molar-refractivity contribution >= 4 is 34.1 Å². The first-order valence-corrected chi connectivity index (χ1v) is 7.26. The van der Waals surface area contributed by atoms with Gasteiger partial charge in [0.2, 0.25) is 0 Å². The van der Waals surface area contributed by atoms with Crippen LogP contribution >= 0.6 is 11.6 Å². The summed E-state index contributed by atoms with van der Waals surface area (Å²) in [5, 5.41) is 3.15. The van der Waals surface area contributed by atoms with E-state index in [2.05, 4.69) is 10.3 Å². The number of nitrogens with zero attached hydrogens (tertiary/aromatic N) is 1. The molecule has 0 bridgehead atoms. The molecule has 1 N–H and O–H groups in total. The summed E-state index contributed by atoms with van der Waals surface area (Å²) in [6.45, 7) is 0. The SMILES string of the molecule is O=C(Nc1ccc(C(F)(F)F)cc1Cl)c1ccc2ccccc2n1. The number of anilines is 1. The number of para-hydroxylation sites is 1. The smallest absolute Gasteiger partial charge is 0.319 e. The number of hydrogen-bond donors (Lipinski definition) is 1. The van der Waals surface area contributed by atoms with E-state index in [0.717, 1.165) is 23.6 Å². The molecule has 0 aliphatic carbocycles. The molecule has 122 valence electrons. The number of halogens is 4. The fourth-order valence-electron chi connectivity index (χ4n) is 2.17. The Labute approximate surface area is 140 Å². The number of rotatable bonds is 2. The maximum atomic E-state index is 12.6. The average Bonchev–Trinajstić information content (AvgIpc) is 2.55. The molecular weight excluding hydrogens is 341 g/mol. The lowest BCUT2D eigenvalue weighted by Crippen LogP contribution is -2.14. The molecule has 0 unspecified atom stereocenters. The molecule has 0 atom stereocenters. The number of carbonyl (C=O) groups excluding carboxylic acids is 1. The van der Waals surface area contributed by atoms with Crippen molar-refractivity contribution in [3.05, 3.63) is 70.9 Å². The zero-order valence-corrected chi connectivity index (χ0v) is 12.8. The molecule has 1 heterocycles. The first-order valence-electron chi connectivity index (χ1n) is 6.88. The fourth-order valence-corrected chi connectivity index (χ4v) is 2.40. The largest absolute Gasteiger partial charge is 0.416 e. The number of hydrogen-bond acceptors (Lipinski definition) is 2. The molecule has 0 aliphatic rings. The number of nitrogens with one attached hydrogen (secondary N) is 1. The molecule has 1 aromatic heterocycles. The summed E-state index contributed by atoms with van der Waals surface area (Å²) in [6.07, 6.45) is -4.49. The number of alkyl halides is 3. The maximum Gasteiger partial charge on any atom is 0.416 e. The zero-order chi connectivity index (χ0) is 17.3. The van der Waals surface area contributed by atoms with E-state index in [9.17, 15) is 18.0 Å². The molecule has 0 fully saturated rings. The highest BCUT2D eigenvalue weighted by Crippen LogP contribution is 2.33. The Morgan fingerprint density at radius 3 is 2.50 bits per heavy atom. The lowest BCUT2D eigenvalue weighted by atomic mass is 10.2. The van der Waals surface area contributed by atoms with E-state index < -0.39 is 17.6 Å². The number of fused-ring (bicyclic) bond motifs is 1. The lowest BCUT2D eigenvalue weighted by Gasteiger charge is -2.11. The Bertz CT molecular complexity index is 925. The molecule has 2 aromatic carbocycles. The van der Waals surface area contributed by atoms with E-state index in [0.29, 0.717) is 5.52 Å². The first-order chi connectivity index (χ1) is 11.3. The topological polar surface area (TPSA) is 42.0 Å². The summed E-state index contributed by atoms with van der Waals surface area (Å²) in [6, 6.07) is 13.3. The van der Waals surface area contributed by atoms with Crippen molar-refractivity contribution in [2.45, 2.75) is 6.18 Å². The highest BCUT2D eigenvalue weighted by atomic mass is 35.5. The third kappa shape index (κ3) is 3.33. The Balaban J connectivity index is 1.86. The van der Waals surface area contributed by atoms with Crippen molar-refractivity contribution in [2.75, 3.05) is 5.32 Å². The van der Waals surface area contributed by atoms with Crippen LogP contribution in [0.3, 0.4) is 0 Å². The van der Waals surface area contributed by atoms with Crippen LogP contribution in [0.15, 0.2) is 54.6 Å². The summed E-state index contributed by atoms with van der Waals surface area (Å²) >= 11 is 5.83. The predicted octanol–water partition coefficient (Wildman–Crippen LogP) is 5.16. The number of amides is 1. The molecule has 3 rings (SSSR count). The van der Waals surface area contributed by atoms with Crippen LogP contribution in [0.25, 0.3) is 10.9 Å². The second kappa shape index (κ2) is 6.13. The van der Waals surface area contributed by atoms with Gasteiger partial charge in [-0.2, -0.15) is 13.2 Å². The van der Waals surface area contributed by atoms with Gasteiger partial charge in [0.05, 0.1) is 21.8 Å². The monoisotopic (exact) mass is 350 g/mol. The number of benzene rings is 2. The molecule has 0 saturated heterocycles. The van der Waals surface area contributed by atoms with Gasteiger partial charge in [0, 0.05) is 5.39 Å². The van der Waals surface area contributed by atoms with Crippen LogP contribution in [0.4, 0.5) is 18.9 Å². The zero-order valence-electron chi connectivity index (χ0n) is 12.1. The van der Waals surface area contributed by atoms with E-state index in [1.165, 1.54) is 6.07 Å². The second-order valence-electron chi connectivity index (χ2n) is 5.04. The molecule has 0 aliphatic heterocycles. The van der Waals surface area contributed by atoms with Gasteiger partial charge in [0.15, 0.2) is 0 Å². The molecular formula is C17H10ClF3N2O. The normalized spacial score (nSPS) is 11.5. The minimum absolute atomic E-state index is 0.0876. The van der Waals surface area contributed by atoms with Crippen molar-refractivity contribution < 1.29 is 18.0 Å². The van der Waals surface area contributed by atoms with Crippen LogP contribution in [0.5, 0.6) is 0 Å². The average molecular weight is 351 g/mol. The van der Waals surface area contributed by atoms with Crippen molar-refractivity contribution in [1.29, 1.82) is 0 Å². The Kier molecular flexibility index (Phi) is 4.15. The van der Waals surface area contributed by atoms with Gasteiger partial charge in [0.25, 0.3) is 5.91 Å². The summed E-state index contributed by atoms with van der Waals surface area (Å²) in [5.41, 5.74) is -0.00714. The number of carbonyl (C=O) groups is 1. The fraction of sp³-hybridized carbons (Fsp3) is 0.0588. The second-order valence-corrected chi connectivity index (χ2v) is 5.44. The van der Waals surface area contributed by atoms with Gasteiger partial charge in [-0.3, -0.25) is 4.79 Å². The van der Waals surface area contributed by atoms with E-state index in [4.69, 9.17) is 11.6 Å². The minimum atomic E-state index is -4.49. The quantitative estimate of drug-likeness (QED) is 0.693. The highest BCUT2D eigenvalue weighted by Gasteiger charge is 2.31.